The maximum Gasteiger partial charge on any atom is 0.123 e. The Labute approximate surface area is 137 Å². The van der Waals surface area contributed by atoms with Crippen LogP contribution in [-0.4, -0.2) is 79.3 Å². The van der Waals surface area contributed by atoms with Crippen LogP contribution in [0.4, 0.5) is 4.39 Å². The zero-order chi connectivity index (χ0) is 16.1. The quantitative estimate of drug-likeness (QED) is 0.857. The molecule has 1 aromatic rings. The molecule has 22 heavy (non-hydrogen) atoms. The van der Waals surface area contributed by atoms with Crippen molar-refractivity contribution in [3.05, 3.63) is 34.6 Å². The van der Waals surface area contributed by atoms with Gasteiger partial charge in [-0.15, -0.1) is 0 Å². The van der Waals surface area contributed by atoms with Gasteiger partial charge in [-0.2, -0.15) is 0 Å². The standard InChI is InChI=1S/C16H25ClFN3O/c1-19-5-7-21(8-6-19)12-15(22)11-20(2)10-13-9-14(18)3-4-16(13)17/h3-4,9,15,22H,5-8,10-12H2,1-2H3. The van der Waals surface area contributed by atoms with Crippen LogP contribution in [0, 0.1) is 5.82 Å². The van der Waals surface area contributed by atoms with Gasteiger partial charge in [-0.05, 0) is 37.9 Å². The van der Waals surface area contributed by atoms with Gasteiger partial charge in [0.2, 0.25) is 0 Å². The maximum atomic E-state index is 13.3. The van der Waals surface area contributed by atoms with Gasteiger partial charge >= 0.3 is 0 Å². The first-order chi connectivity index (χ1) is 10.4. The summed E-state index contributed by atoms with van der Waals surface area (Å²) in [5.41, 5.74) is 0.746. The van der Waals surface area contributed by atoms with E-state index in [-0.39, 0.29) is 5.82 Å². The summed E-state index contributed by atoms with van der Waals surface area (Å²) in [5.74, 6) is -0.286. The Hall–Kier alpha value is -0.720. The van der Waals surface area contributed by atoms with E-state index in [9.17, 15) is 9.50 Å². The van der Waals surface area contributed by atoms with Crippen LogP contribution >= 0.6 is 11.6 Å². The normalized spacial score (nSPS) is 18.8. The predicted molar refractivity (Wildman–Crippen MR) is 87.7 cm³/mol. The summed E-state index contributed by atoms with van der Waals surface area (Å²) in [5, 5.41) is 10.8. The summed E-state index contributed by atoms with van der Waals surface area (Å²) in [6, 6.07) is 4.38. The van der Waals surface area contributed by atoms with E-state index in [0.29, 0.717) is 24.7 Å². The Morgan fingerprint density at radius 1 is 1.32 bits per heavy atom. The largest absolute Gasteiger partial charge is 0.390 e. The van der Waals surface area contributed by atoms with Crippen molar-refractivity contribution in [3.8, 4) is 0 Å². The van der Waals surface area contributed by atoms with Crippen LogP contribution in [0.5, 0.6) is 0 Å². The molecule has 124 valence electrons. The minimum Gasteiger partial charge on any atom is -0.390 e. The van der Waals surface area contributed by atoms with Crippen molar-refractivity contribution in [1.82, 2.24) is 14.7 Å². The summed E-state index contributed by atoms with van der Waals surface area (Å²) in [4.78, 5) is 6.55. The van der Waals surface area contributed by atoms with E-state index < -0.39 is 6.10 Å². The zero-order valence-corrected chi connectivity index (χ0v) is 14.1. The van der Waals surface area contributed by atoms with Gasteiger partial charge in [0.05, 0.1) is 6.10 Å². The first-order valence-electron chi connectivity index (χ1n) is 7.65. The lowest BCUT2D eigenvalue weighted by molar-refractivity contribution is 0.0594. The third-order valence-corrected chi connectivity index (χ3v) is 4.40. The molecule has 4 nitrogen and oxygen atoms in total. The summed E-state index contributed by atoms with van der Waals surface area (Å²) in [6.45, 7) is 5.81. The van der Waals surface area contributed by atoms with Crippen molar-refractivity contribution >= 4 is 11.6 Å². The van der Waals surface area contributed by atoms with E-state index in [1.807, 2.05) is 11.9 Å². The molecule has 0 amide bonds. The molecule has 1 fully saturated rings. The topological polar surface area (TPSA) is 30.0 Å². The molecule has 0 aromatic heterocycles. The van der Waals surface area contributed by atoms with Gasteiger partial charge in [-0.25, -0.2) is 4.39 Å². The Morgan fingerprint density at radius 3 is 2.68 bits per heavy atom. The molecule has 1 unspecified atom stereocenters. The van der Waals surface area contributed by atoms with Crippen molar-refractivity contribution in [2.75, 3.05) is 53.4 Å². The number of rotatable bonds is 6. The number of nitrogens with zero attached hydrogens (tertiary/aromatic N) is 3. The molecule has 0 spiro atoms. The first kappa shape index (κ1) is 17.6. The Kier molecular flexibility index (Phi) is 6.59. The van der Waals surface area contributed by atoms with Gasteiger partial charge in [0.1, 0.15) is 5.82 Å². The SMILES string of the molecule is CN1CCN(CC(O)CN(C)Cc2cc(F)ccc2Cl)CC1. The summed E-state index contributed by atoms with van der Waals surface area (Å²) in [7, 11) is 4.03. The molecule has 1 aliphatic rings. The number of halogens is 2. The molecular weight excluding hydrogens is 305 g/mol. The van der Waals surface area contributed by atoms with Gasteiger partial charge in [-0.3, -0.25) is 9.80 Å². The van der Waals surface area contributed by atoms with Crippen LogP contribution in [0.3, 0.4) is 0 Å². The van der Waals surface area contributed by atoms with E-state index >= 15 is 0 Å². The Bertz CT molecular complexity index is 480. The highest BCUT2D eigenvalue weighted by atomic mass is 35.5. The van der Waals surface area contributed by atoms with Crippen molar-refractivity contribution in [2.45, 2.75) is 12.6 Å². The Morgan fingerprint density at radius 2 is 2.00 bits per heavy atom. The van der Waals surface area contributed by atoms with E-state index in [2.05, 4.69) is 16.8 Å². The molecule has 0 bridgehead atoms. The number of benzene rings is 1. The number of aliphatic hydroxyl groups excluding tert-OH is 1. The highest BCUT2D eigenvalue weighted by molar-refractivity contribution is 6.31. The number of piperazine rings is 1. The van der Waals surface area contributed by atoms with Gasteiger partial charge in [0, 0.05) is 50.8 Å². The van der Waals surface area contributed by atoms with Crippen molar-refractivity contribution < 1.29 is 9.50 Å². The van der Waals surface area contributed by atoms with Crippen LogP contribution in [0.2, 0.25) is 5.02 Å². The molecule has 1 atom stereocenters. The monoisotopic (exact) mass is 329 g/mol. The molecule has 1 aromatic carbocycles. The average Bonchev–Trinajstić information content (AvgIpc) is 2.45. The van der Waals surface area contributed by atoms with Crippen LogP contribution in [0.15, 0.2) is 18.2 Å². The number of hydrogen-bond donors (Lipinski definition) is 1. The second kappa shape index (κ2) is 8.22. The van der Waals surface area contributed by atoms with Gasteiger partial charge in [-0.1, -0.05) is 11.6 Å². The lowest BCUT2D eigenvalue weighted by atomic mass is 10.2. The number of hydrogen-bond acceptors (Lipinski definition) is 4. The third-order valence-electron chi connectivity index (χ3n) is 4.04. The Balaban J connectivity index is 1.78. The molecular formula is C16H25ClFN3O. The fraction of sp³-hybridized carbons (Fsp3) is 0.625. The predicted octanol–water partition coefficient (Wildman–Crippen LogP) is 1.52. The fourth-order valence-electron chi connectivity index (χ4n) is 2.77. The van der Waals surface area contributed by atoms with E-state index in [0.717, 1.165) is 31.7 Å². The molecule has 1 N–H and O–H groups in total. The molecule has 0 aliphatic carbocycles. The van der Waals surface area contributed by atoms with Gasteiger partial charge < -0.3 is 10.0 Å². The minimum atomic E-state index is -0.416. The third kappa shape index (κ3) is 5.48. The van der Waals surface area contributed by atoms with Crippen molar-refractivity contribution in [2.24, 2.45) is 0 Å². The second-order valence-corrected chi connectivity index (χ2v) is 6.60. The maximum absolute atomic E-state index is 13.3. The van der Waals surface area contributed by atoms with Crippen LogP contribution in [0.25, 0.3) is 0 Å². The fourth-order valence-corrected chi connectivity index (χ4v) is 2.94. The van der Waals surface area contributed by atoms with Crippen molar-refractivity contribution in [3.63, 3.8) is 0 Å². The number of likely N-dealkylation sites (N-methyl/N-ethyl adjacent to an activating group) is 2. The van der Waals surface area contributed by atoms with E-state index in [1.165, 1.54) is 12.1 Å². The minimum absolute atomic E-state index is 0.286. The lowest BCUT2D eigenvalue weighted by Gasteiger charge is -2.34. The van der Waals surface area contributed by atoms with Gasteiger partial charge in [0.15, 0.2) is 0 Å². The smallest absolute Gasteiger partial charge is 0.123 e. The molecule has 1 aliphatic heterocycles. The first-order valence-corrected chi connectivity index (χ1v) is 8.03. The highest BCUT2D eigenvalue weighted by Crippen LogP contribution is 2.18. The average molecular weight is 330 g/mol. The lowest BCUT2D eigenvalue weighted by Crippen LogP contribution is -2.48. The summed E-state index contributed by atoms with van der Waals surface area (Å²) >= 11 is 6.08. The molecule has 1 heterocycles. The molecule has 0 saturated carbocycles. The van der Waals surface area contributed by atoms with Crippen LogP contribution < -0.4 is 0 Å². The molecule has 6 heteroatoms. The summed E-state index contributed by atoms with van der Waals surface area (Å²) in [6.07, 6.45) is -0.416. The van der Waals surface area contributed by atoms with E-state index in [1.54, 1.807) is 6.07 Å². The van der Waals surface area contributed by atoms with Gasteiger partial charge in [0.25, 0.3) is 0 Å². The highest BCUT2D eigenvalue weighted by Gasteiger charge is 2.18. The zero-order valence-electron chi connectivity index (χ0n) is 13.3. The summed E-state index contributed by atoms with van der Waals surface area (Å²) < 4.78 is 13.3. The van der Waals surface area contributed by atoms with Crippen molar-refractivity contribution in [1.29, 1.82) is 0 Å². The molecule has 2 rings (SSSR count). The molecule has 1 saturated heterocycles. The number of β-amino-alcohol motifs (C(OH)–C–C–N with tert-alkyl or cyclic N) is 1. The number of aliphatic hydroxyl groups is 1. The molecule has 0 radical (unpaired) electrons. The van der Waals surface area contributed by atoms with E-state index in [4.69, 9.17) is 11.6 Å². The van der Waals surface area contributed by atoms with Crippen LogP contribution in [0.1, 0.15) is 5.56 Å². The van der Waals surface area contributed by atoms with Crippen LogP contribution in [-0.2, 0) is 6.54 Å². The second-order valence-electron chi connectivity index (χ2n) is 6.19.